The highest BCUT2D eigenvalue weighted by Crippen LogP contribution is 2.30. The number of carboxylic acid groups (broad SMARTS) is 1. The fraction of sp³-hybridized carbons (Fsp3) is 0.414. The number of carbonyl (C=O) groups excluding carboxylic acids is 1. The number of fused-ring (bicyclic) bond motifs is 1. The maximum absolute atomic E-state index is 13.5. The molecule has 1 aliphatic rings. The summed E-state index contributed by atoms with van der Waals surface area (Å²) < 4.78 is 36.3. The van der Waals surface area contributed by atoms with Crippen molar-refractivity contribution in [2.75, 3.05) is 31.5 Å². The van der Waals surface area contributed by atoms with Gasteiger partial charge in [0.05, 0.1) is 31.0 Å². The maximum atomic E-state index is 13.5. The summed E-state index contributed by atoms with van der Waals surface area (Å²) in [5.41, 5.74) is 1.94. The van der Waals surface area contributed by atoms with Gasteiger partial charge in [-0.25, -0.2) is 9.78 Å². The zero-order valence-corrected chi connectivity index (χ0v) is 24.9. The molecule has 0 radical (unpaired) electrons. The topological polar surface area (TPSA) is 154 Å². The van der Waals surface area contributed by atoms with Crippen molar-refractivity contribution in [2.24, 2.45) is 13.0 Å². The summed E-state index contributed by atoms with van der Waals surface area (Å²) in [5, 5.41) is 18.9. The third-order valence-electron chi connectivity index (χ3n) is 7.27. The predicted molar refractivity (Wildman–Crippen MR) is 156 cm³/mol. The number of amides is 1. The molecule has 0 saturated carbocycles. The van der Waals surface area contributed by atoms with Crippen molar-refractivity contribution in [2.45, 2.75) is 44.0 Å². The number of likely N-dealkylation sites (N-methyl/N-ethyl adjacent to an activating group) is 1. The van der Waals surface area contributed by atoms with E-state index in [1.807, 2.05) is 14.0 Å². The number of nitrogens with one attached hydrogen (secondary N) is 1. The van der Waals surface area contributed by atoms with Gasteiger partial charge in [-0.1, -0.05) is 19.1 Å². The Hall–Kier alpha value is -3.94. The third kappa shape index (κ3) is 7.46. The molecule has 3 N–H and O–H groups in total. The van der Waals surface area contributed by atoms with E-state index in [1.165, 1.54) is 17.1 Å². The number of benzene rings is 2. The summed E-state index contributed by atoms with van der Waals surface area (Å²) >= 11 is 0. The van der Waals surface area contributed by atoms with Crippen molar-refractivity contribution in [3.8, 4) is 5.75 Å². The number of aromatic nitrogens is 2. The number of rotatable bonds is 10. The lowest BCUT2D eigenvalue weighted by molar-refractivity contribution is -0.134. The van der Waals surface area contributed by atoms with Crippen LogP contribution in [-0.4, -0.2) is 88.7 Å². The van der Waals surface area contributed by atoms with Crippen LogP contribution >= 0.6 is 0 Å². The van der Waals surface area contributed by atoms with Crippen molar-refractivity contribution < 1.29 is 33.0 Å². The van der Waals surface area contributed by atoms with Crippen LogP contribution in [0.25, 0.3) is 0 Å². The first-order valence-corrected chi connectivity index (χ1v) is 15.1. The molecule has 42 heavy (non-hydrogen) atoms. The molecule has 3 atom stereocenters. The van der Waals surface area contributed by atoms with Crippen LogP contribution in [0.4, 0.5) is 5.69 Å². The van der Waals surface area contributed by atoms with Gasteiger partial charge < -0.3 is 24.4 Å². The van der Waals surface area contributed by atoms with Gasteiger partial charge in [-0.15, -0.1) is 0 Å². The Balaban J connectivity index is 1.60. The number of hydrogen-bond donors (Lipinski definition) is 3. The van der Waals surface area contributed by atoms with Crippen molar-refractivity contribution in [3.63, 3.8) is 0 Å². The molecule has 2 heterocycles. The highest BCUT2D eigenvalue weighted by Gasteiger charge is 2.31. The fourth-order valence-electron chi connectivity index (χ4n) is 4.88. The van der Waals surface area contributed by atoms with Crippen molar-refractivity contribution in [1.29, 1.82) is 0 Å². The molecule has 0 aliphatic carbocycles. The Kier molecular flexibility index (Phi) is 9.54. The molecule has 1 aromatic heterocycles. The second-order valence-electron chi connectivity index (χ2n) is 10.9. The van der Waals surface area contributed by atoms with Gasteiger partial charge in [-0.05, 0) is 49.9 Å². The number of nitrogens with zero attached hydrogens (tertiary/aromatic N) is 4. The molecule has 0 unspecified atom stereocenters. The Bertz CT molecular complexity index is 1520. The zero-order chi connectivity index (χ0) is 30.6. The smallest absolute Gasteiger partial charge is 0.335 e. The van der Waals surface area contributed by atoms with Gasteiger partial charge in [-0.3, -0.25) is 14.4 Å². The lowest BCUT2D eigenvalue weighted by Gasteiger charge is -2.34. The molecule has 0 bridgehead atoms. The van der Waals surface area contributed by atoms with Crippen LogP contribution in [0.5, 0.6) is 5.75 Å². The standard InChI is InChI=1S/C29H37N5O7S/c1-19-13-34(20(2)17-35)28(36)12-23-11-24(31-42(39,40)27-16-33(4)18-30-27)9-10-25(23)41-26(19)15-32(3)14-21-5-7-22(8-6-21)29(37)38/h5-11,16,18-20,26,31,35H,12-15,17H2,1-4H3,(H,37,38)/t19-,20-,26-/m1/s1. The number of carbonyl (C=O) groups is 2. The molecule has 3 aromatic rings. The Morgan fingerprint density at radius 2 is 1.95 bits per heavy atom. The van der Waals surface area contributed by atoms with Crippen molar-refractivity contribution >= 4 is 27.6 Å². The summed E-state index contributed by atoms with van der Waals surface area (Å²) in [5.74, 6) is -0.831. The number of aliphatic hydroxyl groups excluding tert-OH is 1. The van der Waals surface area contributed by atoms with E-state index < -0.39 is 22.0 Å². The lowest BCUT2D eigenvalue weighted by Crippen LogP contribution is -2.47. The molecular formula is C29H37N5O7S. The first kappa shape index (κ1) is 31.0. The van der Waals surface area contributed by atoms with Crippen LogP contribution < -0.4 is 9.46 Å². The molecule has 1 aliphatic heterocycles. The Morgan fingerprint density at radius 1 is 1.24 bits per heavy atom. The van der Waals surface area contributed by atoms with Gasteiger partial charge in [-0.2, -0.15) is 8.42 Å². The molecule has 0 spiro atoms. The highest BCUT2D eigenvalue weighted by molar-refractivity contribution is 7.92. The summed E-state index contributed by atoms with van der Waals surface area (Å²) in [6.45, 7) is 4.97. The lowest BCUT2D eigenvalue weighted by atomic mass is 10.0. The second kappa shape index (κ2) is 12.9. The van der Waals surface area contributed by atoms with Gasteiger partial charge in [0.25, 0.3) is 10.0 Å². The Labute approximate surface area is 245 Å². The molecule has 12 nitrogen and oxygen atoms in total. The molecule has 2 aromatic carbocycles. The number of sulfonamides is 1. The van der Waals surface area contributed by atoms with Gasteiger partial charge in [0.2, 0.25) is 5.91 Å². The largest absolute Gasteiger partial charge is 0.488 e. The van der Waals surface area contributed by atoms with Crippen molar-refractivity contribution in [3.05, 3.63) is 71.7 Å². The molecule has 4 rings (SSSR count). The van der Waals surface area contributed by atoms with Crippen LogP contribution in [-0.2, 0) is 34.8 Å². The quantitative estimate of drug-likeness (QED) is 0.318. The van der Waals surface area contributed by atoms with E-state index in [0.29, 0.717) is 30.9 Å². The average molecular weight is 600 g/mol. The SMILES string of the molecule is C[C@@H]1CN([C@H](C)CO)C(=O)Cc2cc(NS(=O)(=O)c3cn(C)cn3)ccc2O[C@@H]1CN(C)Cc1ccc(C(=O)O)cc1. The van der Waals surface area contributed by atoms with Gasteiger partial charge in [0.1, 0.15) is 11.9 Å². The van der Waals surface area contributed by atoms with E-state index >= 15 is 0 Å². The first-order chi connectivity index (χ1) is 19.9. The molecule has 13 heteroatoms. The summed E-state index contributed by atoms with van der Waals surface area (Å²) in [6.07, 6.45) is 2.39. The van der Waals surface area contributed by atoms with Crippen molar-refractivity contribution in [1.82, 2.24) is 19.4 Å². The van der Waals surface area contributed by atoms with Gasteiger partial charge >= 0.3 is 5.97 Å². The minimum atomic E-state index is -3.95. The molecule has 0 saturated heterocycles. The van der Waals surface area contributed by atoms with E-state index in [0.717, 1.165) is 5.56 Å². The number of anilines is 1. The number of ether oxygens (including phenoxy) is 1. The van der Waals surface area contributed by atoms with E-state index in [-0.39, 0.29) is 47.2 Å². The zero-order valence-electron chi connectivity index (χ0n) is 24.1. The fourth-order valence-corrected chi connectivity index (χ4v) is 5.91. The minimum Gasteiger partial charge on any atom is -0.488 e. The number of aryl methyl sites for hydroxylation is 1. The van der Waals surface area contributed by atoms with E-state index in [4.69, 9.17) is 4.74 Å². The first-order valence-electron chi connectivity index (χ1n) is 13.6. The molecule has 0 fully saturated rings. The summed E-state index contributed by atoms with van der Waals surface area (Å²) in [6, 6.07) is 11.1. The number of hydrogen-bond acceptors (Lipinski definition) is 8. The molecular weight excluding hydrogens is 562 g/mol. The normalized spacial score (nSPS) is 18.4. The Morgan fingerprint density at radius 3 is 2.57 bits per heavy atom. The second-order valence-corrected chi connectivity index (χ2v) is 12.5. The number of aromatic carboxylic acids is 1. The van der Waals surface area contributed by atoms with E-state index in [2.05, 4.69) is 14.6 Å². The van der Waals surface area contributed by atoms with E-state index in [9.17, 15) is 28.2 Å². The van der Waals surface area contributed by atoms with Crippen LogP contribution in [0.15, 0.2) is 60.0 Å². The van der Waals surface area contributed by atoms with Crippen LogP contribution in [0.1, 0.15) is 35.3 Å². The number of imidazole rings is 1. The average Bonchev–Trinajstić information content (AvgIpc) is 3.40. The van der Waals surface area contributed by atoms with E-state index in [1.54, 1.807) is 61.3 Å². The number of aliphatic hydroxyl groups is 1. The van der Waals surface area contributed by atoms with Gasteiger partial charge in [0, 0.05) is 50.0 Å². The monoisotopic (exact) mass is 599 g/mol. The molecule has 226 valence electrons. The highest BCUT2D eigenvalue weighted by atomic mass is 32.2. The predicted octanol–water partition coefficient (Wildman–Crippen LogP) is 2.20. The maximum Gasteiger partial charge on any atom is 0.335 e. The van der Waals surface area contributed by atoms with Gasteiger partial charge in [0.15, 0.2) is 5.03 Å². The molecule has 1 amide bonds. The van der Waals surface area contributed by atoms with Crippen LogP contribution in [0.3, 0.4) is 0 Å². The number of carboxylic acids is 1. The minimum absolute atomic E-state index is 0.0377. The summed E-state index contributed by atoms with van der Waals surface area (Å²) in [4.78, 5) is 32.3. The van der Waals surface area contributed by atoms with Crippen LogP contribution in [0, 0.1) is 5.92 Å². The third-order valence-corrected chi connectivity index (χ3v) is 8.54. The van der Waals surface area contributed by atoms with Crippen LogP contribution in [0.2, 0.25) is 0 Å². The summed E-state index contributed by atoms with van der Waals surface area (Å²) in [7, 11) is -0.340.